The average Bonchev–Trinajstić information content (AvgIpc) is 2.32. The number of rotatable bonds is 84. The van der Waals surface area contributed by atoms with Gasteiger partial charge in [0.2, 0.25) is 0 Å². The number of phosphoric ester groups is 1. The molecule has 2 atom stereocenters. The SMILES string of the molecule is CCCCCCC/C=C\C/C=C\CCCCCCCCCCCCCCCCCCCCCCCCCCCCCCCC(=O)OC(COC(=O)CCCCCCCCCCCCCCCCCCCCCCCCCCCCCCCCCCCC)COP(=O)(O)OCCN. The molecule has 570 valence electrons. The number of hydrogen-bond donors (Lipinski definition) is 2. The van der Waals surface area contributed by atoms with Crippen LogP contribution in [0.3, 0.4) is 0 Å². The summed E-state index contributed by atoms with van der Waals surface area (Å²) in [6.07, 6.45) is 105. The maximum absolute atomic E-state index is 12.8. The molecule has 3 N–H and O–H groups in total. The minimum atomic E-state index is -4.39. The van der Waals surface area contributed by atoms with Crippen LogP contribution in [-0.4, -0.2) is 49.3 Å². The van der Waals surface area contributed by atoms with E-state index in [9.17, 15) is 19.0 Å². The lowest BCUT2D eigenvalue weighted by Gasteiger charge is -2.19. The Morgan fingerprint density at radius 1 is 0.312 bits per heavy atom. The van der Waals surface area contributed by atoms with Crippen LogP contribution in [0, 0.1) is 0 Å². The van der Waals surface area contributed by atoms with Crippen LogP contribution >= 0.6 is 7.82 Å². The van der Waals surface area contributed by atoms with E-state index in [0.29, 0.717) is 6.42 Å². The summed E-state index contributed by atoms with van der Waals surface area (Å²) in [7, 11) is -4.39. The van der Waals surface area contributed by atoms with Gasteiger partial charge in [0.25, 0.3) is 0 Å². The number of carbonyl (C=O) groups is 2. The van der Waals surface area contributed by atoms with E-state index in [1.54, 1.807) is 0 Å². The summed E-state index contributed by atoms with van der Waals surface area (Å²) in [5.74, 6) is -0.795. The Kier molecular flexibility index (Phi) is 81.1. The van der Waals surface area contributed by atoms with Crippen LogP contribution < -0.4 is 5.73 Å². The van der Waals surface area contributed by atoms with Crippen molar-refractivity contribution in [3.05, 3.63) is 24.3 Å². The first-order valence-corrected chi connectivity index (χ1v) is 44.8. The van der Waals surface area contributed by atoms with Crippen LogP contribution in [0.5, 0.6) is 0 Å². The molecule has 0 saturated heterocycles. The fourth-order valence-corrected chi connectivity index (χ4v) is 14.4. The Balaban J connectivity index is 3.69. The lowest BCUT2D eigenvalue weighted by molar-refractivity contribution is -0.161. The number of allylic oxidation sites excluding steroid dienone is 4. The fourth-order valence-electron chi connectivity index (χ4n) is 13.7. The van der Waals surface area contributed by atoms with Gasteiger partial charge >= 0.3 is 19.8 Å². The summed E-state index contributed by atoms with van der Waals surface area (Å²) in [6, 6.07) is 0. The molecule has 0 aliphatic heterocycles. The van der Waals surface area contributed by atoms with Crippen molar-refractivity contribution in [2.75, 3.05) is 26.4 Å². The molecule has 0 amide bonds. The van der Waals surface area contributed by atoms with E-state index in [4.69, 9.17) is 24.3 Å². The van der Waals surface area contributed by atoms with Gasteiger partial charge < -0.3 is 20.1 Å². The second kappa shape index (κ2) is 82.4. The average molecular weight is 1380 g/mol. The predicted molar refractivity (Wildman–Crippen MR) is 418 cm³/mol. The van der Waals surface area contributed by atoms with Crippen molar-refractivity contribution in [2.24, 2.45) is 5.73 Å². The highest BCUT2D eigenvalue weighted by Gasteiger charge is 2.26. The largest absolute Gasteiger partial charge is 0.472 e. The van der Waals surface area contributed by atoms with E-state index < -0.39 is 26.5 Å². The molecule has 0 aromatic heterocycles. The van der Waals surface area contributed by atoms with Crippen LogP contribution in [0.1, 0.15) is 483 Å². The van der Waals surface area contributed by atoms with Gasteiger partial charge in [0.1, 0.15) is 6.61 Å². The Morgan fingerprint density at radius 3 is 0.792 bits per heavy atom. The summed E-state index contributed by atoms with van der Waals surface area (Å²) in [5, 5.41) is 0. The first kappa shape index (κ1) is 94.5. The summed E-state index contributed by atoms with van der Waals surface area (Å²) < 4.78 is 33.3. The van der Waals surface area contributed by atoms with E-state index >= 15 is 0 Å². The monoisotopic (exact) mass is 1370 g/mol. The Labute approximate surface area is 599 Å². The van der Waals surface area contributed by atoms with Gasteiger partial charge in [0.05, 0.1) is 13.2 Å². The fraction of sp³-hybridized carbons (Fsp3) is 0.930. The van der Waals surface area contributed by atoms with Crippen molar-refractivity contribution < 1.29 is 37.6 Å². The number of esters is 2. The molecule has 96 heavy (non-hydrogen) atoms. The van der Waals surface area contributed by atoms with Crippen molar-refractivity contribution in [3.63, 3.8) is 0 Å². The van der Waals surface area contributed by atoms with Crippen LogP contribution in [0.15, 0.2) is 24.3 Å². The van der Waals surface area contributed by atoms with Crippen LogP contribution in [0.4, 0.5) is 0 Å². The summed E-state index contributed by atoms with van der Waals surface area (Å²) >= 11 is 0. The lowest BCUT2D eigenvalue weighted by Crippen LogP contribution is -2.29. The van der Waals surface area contributed by atoms with Gasteiger partial charge in [-0.1, -0.05) is 449 Å². The molecule has 0 aromatic carbocycles. The molecule has 0 aliphatic carbocycles. The van der Waals surface area contributed by atoms with Gasteiger partial charge in [-0.05, 0) is 44.9 Å². The minimum Gasteiger partial charge on any atom is -0.462 e. The third-order valence-electron chi connectivity index (χ3n) is 20.1. The third-order valence-corrected chi connectivity index (χ3v) is 21.1. The molecular weight excluding hydrogens is 1210 g/mol. The van der Waals surface area contributed by atoms with Gasteiger partial charge in [-0.2, -0.15) is 0 Å². The zero-order chi connectivity index (χ0) is 69.3. The Morgan fingerprint density at radius 2 is 0.542 bits per heavy atom. The minimum absolute atomic E-state index is 0.0580. The van der Waals surface area contributed by atoms with Crippen molar-refractivity contribution in [3.8, 4) is 0 Å². The normalized spacial score (nSPS) is 12.8. The van der Waals surface area contributed by atoms with E-state index in [2.05, 4.69) is 38.2 Å². The standard InChI is InChI=1S/C86H168NO8P/c1-3-5-7-9-11-13-15-17-19-21-23-25-27-29-31-33-35-37-39-40-41-42-43-44-45-47-49-51-53-55-57-59-61-63-65-67-69-71-73-75-77-79-86(89)95-84(83-94-96(90,91)93-81-80-87)82-92-85(88)78-76-74-72-70-68-66-64-62-60-58-56-54-52-50-48-46-38-36-34-32-30-28-26-24-22-20-18-16-14-12-10-8-6-4-2/h15,17,21,23,84H,3-14,16,18-20,22,24-83,87H2,1-2H3,(H,90,91)/b17-15-,23-21-. The number of nitrogens with two attached hydrogens (primary N) is 1. The molecule has 0 rings (SSSR count). The zero-order valence-electron chi connectivity index (χ0n) is 64.7. The van der Waals surface area contributed by atoms with Crippen LogP contribution in [0.25, 0.3) is 0 Å². The highest BCUT2D eigenvalue weighted by atomic mass is 31.2. The molecule has 0 fully saturated rings. The second-order valence-electron chi connectivity index (χ2n) is 29.8. The maximum Gasteiger partial charge on any atom is 0.472 e. The quantitative estimate of drug-likeness (QED) is 0.0264. The van der Waals surface area contributed by atoms with Crippen molar-refractivity contribution in [2.45, 2.75) is 489 Å². The third kappa shape index (κ3) is 81.5. The highest BCUT2D eigenvalue weighted by Crippen LogP contribution is 2.43. The predicted octanol–water partition coefficient (Wildman–Crippen LogP) is 29.2. The molecular formula is C86H168NO8P. The molecule has 0 heterocycles. The molecule has 0 spiro atoms. The molecule has 0 aromatic rings. The van der Waals surface area contributed by atoms with Crippen molar-refractivity contribution >= 4 is 19.8 Å². The Hall–Kier alpha value is -1.51. The van der Waals surface area contributed by atoms with Crippen LogP contribution in [-0.2, 0) is 32.7 Å². The van der Waals surface area contributed by atoms with Gasteiger partial charge in [-0.15, -0.1) is 0 Å². The first-order chi connectivity index (χ1) is 47.3. The summed E-state index contributed by atoms with van der Waals surface area (Å²) in [4.78, 5) is 35.5. The van der Waals surface area contributed by atoms with Gasteiger partial charge in [-0.25, -0.2) is 4.57 Å². The van der Waals surface area contributed by atoms with Gasteiger partial charge in [0.15, 0.2) is 6.10 Å². The van der Waals surface area contributed by atoms with Crippen molar-refractivity contribution in [1.29, 1.82) is 0 Å². The first-order valence-electron chi connectivity index (χ1n) is 43.3. The van der Waals surface area contributed by atoms with Gasteiger partial charge in [0, 0.05) is 19.4 Å². The molecule has 0 radical (unpaired) electrons. The van der Waals surface area contributed by atoms with E-state index in [1.165, 1.54) is 411 Å². The lowest BCUT2D eigenvalue weighted by atomic mass is 10.0. The smallest absolute Gasteiger partial charge is 0.462 e. The topological polar surface area (TPSA) is 134 Å². The van der Waals surface area contributed by atoms with Crippen molar-refractivity contribution in [1.82, 2.24) is 0 Å². The van der Waals surface area contributed by atoms with E-state index in [1.807, 2.05) is 0 Å². The number of hydrogen-bond acceptors (Lipinski definition) is 8. The number of unbranched alkanes of at least 4 members (excludes halogenated alkanes) is 67. The molecule has 0 aliphatic rings. The molecule has 0 saturated carbocycles. The molecule has 10 heteroatoms. The second-order valence-corrected chi connectivity index (χ2v) is 31.2. The zero-order valence-corrected chi connectivity index (χ0v) is 65.6. The summed E-state index contributed by atoms with van der Waals surface area (Å²) in [5.41, 5.74) is 5.42. The van der Waals surface area contributed by atoms with E-state index in [0.717, 1.165) is 38.5 Å². The van der Waals surface area contributed by atoms with E-state index in [-0.39, 0.29) is 38.6 Å². The summed E-state index contributed by atoms with van der Waals surface area (Å²) in [6.45, 7) is 3.84. The van der Waals surface area contributed by atoms with Crippen LogP contribution in [0.2, 0.25) is 0 Å². The molecule has 9 nitrogen and oxygen atoms in total. The highest BCUT2D eigenvalue weighted by molar-refractivity contribution is 7.47. The molecule has 2 unspecified atom stereocenters. The Bertz CT molecular complexity index is 1620. The number of carbonyl (C=O) groups excluding carboxylic acids is 2. The van der Waals surface area contributed by atoms with Gasteiger partial charge in [-0.3, -0.25) is 18.6 Å². The maximum atomic E-state index is 12.8. The number of ether oxygens (including phenoxy) is 2. The number of phosphoric acid groups is 1. The molecule has 0 bridgehead atoms.